The molecule has 2 rings (SSSR count). The summed E-state index contributed by atoms with van der Waals surface area (Å²) in [7, 11) is 4.20. The van der Waals surface area contributed by atoms with Crippen LogP contribution in [0.5, 0.6) is 0 Å². The molecule has 3 nitrogen and oxygen atoms in total. The van der Waals surface area contributed by atoms with Gasteiger partial charge in [0.25, 0.3) is 0 Å². The van der Waals surface area contributed by atoms with Gasteiger partial charge in [0.1, 0.15) is 5.82 Å². The molecule has 1 saturated heterocycles. The Morgan fingerprint density at radius 3 is 2.58 bits per heavy atom. The lowest BCUT2D eigenvalue weighted by molar-refractivity contribution is 0.266. The van der Waals surface area contributed by atoms with Gasteiger partial charge in [-0.15, -0.1) is 0 Å². The SMILES string of the molecule is CC1CN(c2cccc(F)c2[C@H](C)N)CC1N(C)C. The topological polar surface area (TPSA) is 32.5 Å². The molecular formula is C15H24FN3. The van der Waals surface area contributed by atoms with Gasteiger partial charge < -0.3 is 15.5 Å². The van der Waals surface area contributed by atoms with Crippen LogP contribution in [0.1, 0.15) is 25.5 Å². The second-order valence-corrected chi connectivity index (χ2v) is 5.87. The van der Waals surface area contributed by atoms with Crippen molar-refractivity contribution in [1.29, 1.82) is 0 Å². The lowest BCUT2D eigenvalue weighted by atomic mass is 10.1. The van der Waals surface area contributed by atoms with Crippen LogP contribution in [0.4, 0.5) is 10.1 Å². The molecular weight excluding hydrogens is 241 g/mol. The summed E-state index contributed by atoms with van der Waals surface area (Å²) in [5.41, 5.74) is 7.52. The van der Waals surface area contributed by atoms with Crippen molar-refractivity contribution in [3.8, 4) is 0 Å². The summed E-state index contributed by atoms with van der Waals surface area (Å²) >= 11 is 0. The molecule has 0 amide bonds. The van der Waals surface area contributed by atoms with Gasteiger partial charge in [0, 0.05) is 36.4 Å². The van der Waals surface area contributed by atoms with Crippen LogP contribution in [0.2, 0.25) is 0 Å². The number of benzene rings is 1. The molecule has 0 aliphatic carbocycles. The van der Waals surface area contributed by atoms with Gasteiger partial charge in [-0.1, -0.05) is 13.0 Å². The molecule has 106 valence electrons. The van der Waals surface area contributed by atoms with Crippen LogP contribution in [-0.2, 0) is 0 Å². The molecule has 0 aromatic heterocycles. The van der Waals surface area contributed by atoms with Gasteiger partial charge in [-0.2, -0.15) is 0 Å². The molecule has 4 heteroatoms. The monoisotopic (exact) mass is 265 g/mol. The maximum absolute atomic E-state index is 14.0. The van der Waals surface area contributed by atoms with Crippen molar-refractivity contribution < 1.29 is 4.39 Å². The predicted molar refractivity (Wildman–Crippen MR) is 77.9 cm³/mol. The van der Waals surface area contributed by atoms with E-state index >= 15 is 0 Å². The summed E-state index contributed by atoms with van der Waals surface area (Å²) in [5, 5.41) is 0. The van der Waals surface area contributed by atoms with Crippen LogP contribution in [0.25, 0.3) is 0 Å². The minimum Gasteiger partial charge on any atom is -0.369 e. The van der Waals surface area contributed by atoms with Gasteiger partial charge in [0.15, 0.2) is 0 Å². The van der Waals surface area contributed by atoms with Crippen molar-refractivity contribution in [2.45, 2.75) is 25.9 Å². The summed E-state index contributed by atoms with van der Waals surface area (Å²) in [5.74, 6) is 0.368. The van der Waals surface area contributed by atoms with E-state index in [1.165, 1.54) is 6.07 Å². The molecule has 0 saturated carbocycles. The van der Waals surface area contributed by atoms with Crippen molar-refractivity contribution >= 4 is 5.69 Å². The number of hydrogen-bond donors (Lipinski definition) is 1. The third-order valence-electron chi connectivity index (χ3n) is 4.06. The van der Waals surface area contributed by atoms with Crippen LogP contribution in [-0.4, -0.2) is 38.1 Å². The van der Waals surface area contributed by atoms with E-state index in [0.717, 1.165) is 18.8 Å². The summed E-state index contributed by atoms with van der Waals surface area (Å²) < 4.78 is 14.0. The highest BCUT2D eigenvalue weighted by molar-refractivity contribution is 5.56. The number of halogens is 1. The second-order valence-electron chi connectivity index (χ2n) is 5.87. The zero-order valence-electron chi connectivity index (χ0n) is 12.2. The molecule has 1 aromatic rings. The van der Waals surface area contributed by atoms with E-state index in [2.05, 4.69) is 30.8 Å². The largest absolute Gasteiger partial charge is 0.369 e. The van der Waals surface area contributed by atoms with Crippen molar-refractivity contribution in [2.75, 3.05) is 32.1 Å². The molecule has 2 N–H and O–H groups in total. The maximum Gasteiger partial charge on any atom is 0.130 e. The van der Waals surface area contributed by atoms with Crippen LogP contribution < -0.4 is 10.6 Å². The van der Waals surface area contributed by atoms with E-state index < -0.39 is 0 Å². The zero-order chi connectivity index (χ0) is 14.2. The van der Waals surface area contributed by atoms with Gasteiger partial charge >= 0.3 is 0 Å². The molecule has 1 fully saturated rings. The van der Waals surface area contributed by atoms with Crippen LogP contribution >= 0.6 is 0 Å². The third-order valence-corrected chi connectivity index (χ3v) is 4.06. The Hall–Kier alpha value is -1.13. The van der Waals surface area contributed by atoms with Gasteiger partial charge in [-0.3, -0.25) is 0 Å². The molecule has 3 atom stereocenters. The first-order valence-electron chi connectivity index (χ1n) is 6.87. The Balaban J connectivity index is 2.31. The summed E-state index contributed by atoms with van der Waals surface area (Å²) in [6, 6.07) is 5.45. The van der Waals surface area contributed by atoms with Crippen molar-refractivity contribution in [3.63, 3.8) is 0 Å². The lowest BCUT2D eigenvalue weighted by Crippen LogP contribution is -2.34. The number of nitrogens with zero attached hydrogens (tertiary/aromatic N) is 2. The molecule has 1 aromatic carbocycles. The highest BCUT2D eigenvalue weighted by Gasteiger charge is 2.32. The highest BCUT2D eigenvalue weighted by atomic mass is 19.1. The summed E-state index contributed by atoms with van der Waals surface area (Å²) in [6.45, 7) is 5.96. The zero-order valence-corrected chi connectivity index (χ0v) is 12.2. The van der Waals surface area contributed by atoms with Crippen LogP contribution in [0, 0.1) is 11.7 Å². The van der Waals surface area contributed by atoms with E-state index in [9.17, 15) is 4.39 Å². The van der Waals surface area contributed by atoms with E-state index in [1.54, 1.807) is 6.07 Å². The average Bonchev–Trinajstić information content (AvgIpc) is 2.70. The van der Waals surface area contributed by atoms with Gasteiger partial charge in [0.05, 0.1) is 0 Å². The number of hydrogen-bond acceptors (Lipinski definition) is 3. The van der Waals surface area contributed by atoms with Crippen molar-refractivity contribution in [1.82, 2.24) is 4.90 Å². The van der Waals surface area contributed by atoms with Gasteiger partial charge in [-0.25, -0.2) is 4.39 Å². The lowest BCUT2D eigenvalue weighted by Gasteiger charge is -2.25. The fourth-order valence-electron chi connectivity index (χ4n) is 3.07. The predicted octanol–water partition coefficient (Wildman–Crippen LogP) is 2.23. The van der Waals surface area contributed by atoms with E-state index in [1.807, 2.05) is 13.0 Å². The maximum atomic E-state index is 14.0. The molecule has 0 bridgehead atoms. The Labute approximate surface area is 115 Å². The Morgan fingerprint density at radius 1 is 1.37 bits per heavy atom. The molecule has 1 aliphatic rings. The average molecular weight is 265 g/mol. The summed E-state index contributed by atoms with van der Waals surface area (Å²) in [6.07, 6.45) is 0. The fraction of sp³-hybridized carbons (Fsp3) is 0.600. The summed E-state index contributed by atoms with van der Waals surface area (Å²) in [4.78, 5) is 4.51. The quantitative estimate of drug-likeness (QED) is 0.909. The first-order valence-corrected chi connectivity index (χ1v) is 6.87. The molecule has 0 spiro atoms. The van der Waals surface area contributed by atoms with E-state index in [0.29, 0.717) is 17.5 Å². The molecule has 1 heterocycles. The Morgan fingerprint density at radius 2 is 2.05 bits per heavy atom. The first kappa shape index (κ1) is 14.3. The Bertz CT molecular complexity index is 445. The fourth-order valence-corrected chi connectivity index (χ4v) is 3.07. The van der Waals surface area contributed by atoms with Crippen LogP contribution in [0.15, 0.2) is 18.2 Å². The smallest absolute Gasteiger partial charge is 0.130 e. The van der Waals surface area contributed by atoms with Crippen molar-refractivity contribution in [3.05, 3.63) is 29.6 Å². The van der Waals surface area contributed by atoms with E-state index in [-0.39, 0.29) is 11.9 Å². The minimum atomic E-state index is -0.287. The van der Waals surface area contributed by atoms with Crippen LogP contribution in [0.3, 0.4) is 0 Å². The Kier molecular flexibility index (Phi) is 4.11. The number of nitrogens with two attached hydrogens (primary N) is 1. The second kappa shape index (κ2) is 5.47. The highest BCUT2D eigenvalue weighted by Crippen LogP contribution is 2.32. The molecule has 1 aliphatic heterocycles. The van der Waals surface area contributed by atoms with E-state index in [4.69, 9.17) is 5.73 Å². The first-order chi connectivity index (χ1) is 8.91. The molecule has 0 radical (unpaired) electrons. The standard InChI is InChI=1S/C15H24FN3/c1-10-8-19(9-14(10)18(3)4)13-7-5-6-12(16)15(13)11(2)17/h5-7,10-11,14H,8-9,17H2,1-4H3/t10?,11-,14?/m0/s1. The number of rotatable bonds is 3. The van der Waals surface area contributed by atoms with Crippen molar-refractivity contribution in [2.24, 2.45) is 11.7 Å². The number of likely N-dealkylation sites (N-methyl/N-ethyl adjacent to an activating group) is 1. The van der Waals surface area contributed by atoms with Gasteiger partial charge in [0.2, 0.25) is 0 Å². The normalized spacial score (nSPS) is 25.1. The minimum absolute atomic E-state index is 0.201. The van der Waals surface area contributed by atoms with Gasteiger partial charge in [-0.05, 0) is 39.1 Å². The number of anilines is 1. The molecule has 2 unspecified atom stereocenters. The molecule has 19 heavy (non-hydrogen) atoms. The third kappa shape index (κ3) is 2.74.